The quantitative estimate of drug-likeness (QED) is 0.708. The monoisotopic (exact) mass is 389 g/mol. The molecule has 1 unspecified atom stereocenters. The SMILES string of the molecule is CCOc1ccc(C2CC(=O)N(c3ccc(CC)cc3)C3=C2C(=O)CCC3)cc1. The summed E-state index contributed by atoms with van der Waals surface area (Å²) in [5, 5.41) is 0. The van der Waals surface area contributed by atoms with E-state index in [-0.39, 0.29) is 17.6 Å². The fourth-order valence-corrected chi connectivity index (χ4v) is 4.42. The minimum absolute atomic E-state index is 0.0570. The molecular formula is C25H27NO3. The molecule has 1 amide bonds. The highest BCUT2D eigenvalue weighted by Gasteiger charge is 2.39. The zero-order valence-corrected chi connectivity index (χ0v) is 17.1. The van der Waals surface area contributed by atoms with Gasteiger partial charge in [0.05, 0.1) is 6.61 Å². The standard InChI is InChI=1S/C25H27NO3/c1-3-17-8-12-19(13-9-17)26-22-6-5-7-23(27)25(22)21(16-24(26)28)18-10-14-20(15-11-18)29-4-2/h8-15,21H,3-7,16H2,1-2H3. The fraction of sp³-hybridized carbons (Fsp3) is 0.360. The summed E-state index contributed by atoms with van der Waals surface area (Å²) in [6.07, 6.45) is 3.39. The molecule has 1 aliphatic carbocycles. The second-order valence-corrected chi connectivity index (χ2v) is 7.65. The summed E-state index contributed by atoms with van der Waals surface area (Å²) < 4.78 is 5.54. The number of rotatable bonds is 5. The van der Waals surface area contributed by atoms with E-state index in [9.17, 15) is 9.59 Å². The lowest BCUT2D eigenvalue weighted by molar-refractivity contribution is -0.119. The lowest BCUT2D eigenvalue weighted by Gasteiger charge is -2.38. The lowest BCUT2D eigenvalue weighted by Crippen LogP contribution is -2.40. The molecule has 0 saturated heterocycles. The number of amides is 1. The number of Topliss-reactive ketones (excluding diaryl/α,β-unsaturated/α-hetero) is 1. The van der Waals surface area contributed by atoms with Gasteiger partial charge in [0.25, 0.3) is 0 Å². The first kappa shape index (κ1) is 19.4. The first-order chi connectivity index (χ1) is 14.1. The van der Waals surface area contributed by atoms with Gasteiger partial charge in [0.15, 0.2) is 5.78 Å². The van der Waals surface area contributed by atoms with Crippen LogP contribution in [0.1, 0.15) is 56.6 Å². The van der Waals surface area contributed by atoms with Crippen molar-refractivity contribution in [3.63, 3.8) is 0 Å². The summed E-state index contributed by atoms with van der Waals surface area (Å²) in [4.78, 5) is 28.0. The minimum Gasteiger partial charge on any atom is -0.494 e. The summed E-state index contributed by atoms with van der Waals surface area (Å²) in [5.41, 5.74) is 4.81. The molecule has 2 aromatic carbocycles. The van der Waals surface area contributed by atoms with Gasteiger partial charge in [-0.15, -0.1) is 0 Å². The highest BCUT2D eigenvalue weighted by atomic mass is 16.5. The molecule has 2 aromatic rings. The Hall–Kier alpha value is -2.88. The molecule has 0 fully saturated rings. The summed E-state index contributed by atoms with van der Waals surface area (Å²) in [7, 11) is 0. The van der Waals surface area contributed by atoms with Gasteiger partial charge in [0, 0.05) is 35.7 Å². The van der Waals surface area contributed by atoms with Gasteiger partial charge in [0.1, 0.15) is 5.75 Å². The number of ether oxygens (including phenoxy) is 1. The first-order valence-corrected chi connectivity index (χ1v) is 10.5. The average Bonchev–Trinajstić information content (AvgIpc) is 2.74. The maximum absolute atomic E-state index is 13.2. The summed E-state index contributed by atoms with van der Waals surface area (Å²) >= 11 is 0. The van der Waals surface area contributed by atoms with E-state index < -0.39 is 0 Å². The van der Waals surface area contributed by atoms with Crippen LogP contribution < -0.4 is 9.64 Å². The molecule has 29 heavy (non-hydrogen) atoms. The highest BCUT2D eigenvalue weighted by molar-refractivity contribution is 6.07. The van der Waals surface area contributed by atoms with Gasteiger partial charge in [-0.1, -0.05) is 31.2 Å². The molecule has 0 aromatic heterocycles. The van der Waals surface area contributed by atoms with Gasteiger partial charge in [-0.2, -0.15) is 0 Å². The minimum atomic E-state index is -0.174. The summed E-state index contributed by atoms with van der Waals surface area (Å²) in [6.45, 7) is 4.68. The van der Waals surface area contributed by atoms with Crippen LogP contribution in [0.15, 0.2) is 59.8 Å². The molecule has 4 heteroatoms. The Morgan fingerprint density at radius 1 is 0.966 bits per heavy atom. The van der Waals surface area contributed by atoms with Crippen LogP contribution in [0.4, 0.5) is 5.69 Å². The van der Waals surface area contributed by atoms with Crippen LogP contribution in [-0.4, -0.2) is 18.3 Å². The number of hydrogen-bond acceptors (Lipinski definition) is 3. The van der Waals surface area contributed by atoms with E-state index in [0.717, 1.165) is 47.5 Å². The maximum atomic E-state index is 13.2. The topological polar surface area (TPSA) is 46.6 Å². The summed E-state index contributed by atoms with van der Waals surface area (Å²) in [6, 6.07) is 15.9. The fourth-order valence-electron chi connectivity index (χ4n) is 4.42. The second kappa shape index (κ2) is 8.24. The van der Waals surface area contributed by atoms with E-state index >= 15 is 0 Å². The molecule has 1 aliphatic heterocycles. The van der Waals surface area contributed by atoms with Crippen molar-refractivity contribution >= 4 is 17.4 Å². The largest absolute Gasteiger partial charge is 0.494 e. The third-order valence-corrected chi connectivity index (χ3v) is 5.87. The molecule has 4 rings (SSSR count). The molecule has 0 bridgehead atoms. The molecule has 150 valence electrons. The third kappa shape index (κ3) is 3.71. The number of aryl methyl sites for hydroxylation is 1. The Labute approximate surface area is 172 Å². The molecular weight excluding hydrogens is 362 g/mol. The number of ketones is 1. The first-order valence-electron chi connectivity index (χ1n) is 10.5. The number of carbonyl (C=O) groups excluding carboxylic acids is 2. The smallest absolute Gasteiger partial charge is 0.232 e. The molecule has 2 aliphatic rings. The number of nitrogens with zero attached hydrogens (tertiary/aromatic N) is 1. The summed E-state index contributed by atoms with van der Waals surface area (Å²) in [5.74, 6) is 0.863. The number of benzene rings is 2. The van der Waals surface area contributed by atoms with Gasteiger partial charge in [-0.05, 0) is 61.6 Å². The molecule has 0 N–H and O–H groups in total. The highest BCUT2D eigenvalue weighted by Crippen LogP contribution is 2.43. The Balaban J connectivity index is 1.75. The van der Waals surface area contributed by atoms with Crippen LogP contribution in [-0.2, 0) is 16.0 Å². The van der Waals surface area contributed by atoms with Crippen molar-refractivity contribution in [2.24, 2.45) is 0 Å². The van der Waals surface area contributed by atoms with Crippen molar-refractivity contribution in [2.45, 2.75) is 51.9 Å². The van der Waals surface area contributed by atoms with Gasteiger partial charge in [-0.3, -0.25) is 14.5 Å². The van der Waals surface area contributed by atoms with Crippen molar-refractivity contribution in [3.8, 4) is 5.75 Å². The van der Waals surface area contributed by atoms with Crippen LogP contribution >= 0.6 is 0 Å². The molecule has 0 radical (unpaired) electrons. The van der Waals surface area contributed by atoms with E-state index in [2.05, 4.69) is 19.1 Å². The van der Waals surface area contributed by atoms with Crippen LogP contribution in [0, 0.1) is 0 Å². The van der Waals surface area contributed by atoms with Crippen molar-refractivity contribution in [1.29, 1.82) is 0 Å². The maximum Gasteiger partial charge on any atom is 0.232 e. The van der Waals surface area contributed by atoms with Crippen molar-refractivity contribution in [3.05, 3.63) is 70.9 Å². The van der Waals surface area contributed by atoms with Crippen molar-refractivity contribution in [1.82, 2.24) is 0 Å². The second-order valence-electron chi connectivity index (χ2n) is 7.65. The van der Waals surface area contributed by atoms with E-state index in [4.69, 9.17) is 4.74 Å². The Morgan fingerprint density at radius 2 is 1.69 bits per heavy atom. The molecule has 1 heterocycles. The third-order valence-electron chi connectivity index (χ3n) is 5.87. The zero-order chi connectivity index (χ0) is 20.4. The zero-order valence-electron chi connectivity index (χ0n) is 17.1. The van der Waals surface area contributed by atoms with Gasteiger partial charge in [0.2, 0.25) is 5.91 Å². The Kier molecular flexibility index (Phi) is 5.52. The van der Waals surface area contributed by atoms with Crippen LogP contribution in [0.2, 0.25) is 0 Å². The number of hydrogen-bond donors (Lipinski definition) is 0. The van der Waals surface area contributed by atoms with Crippen molar-refractivity contribution < 1.29 is 14.3 Å². The van der Waals surface area contributed by atoms with Crippen LogP contribution in [0.5, 0.6) is 5.75 Å². The molecule has 4 nitrogen and oxygen atoms in total. The van der Waals surface area contributed by atoms with E-state index in [0.29, 0.717) is 19.4 Å². The Bertz CT molecular complexity index is 941. The van der Waals surface area contributed by atoms with Crippen molar-refractivity contribution in [2.75, 3.05) is 11.5 Å². The predicted molar refractivity (Wildman–Crippen MR) is 114 cm³/mol. The van der Waals surface area contributed by atoms with Crippen LogP contribution in [0.3, 0.4) is 0 Å². The molecule has 1 atom stereocenters. The van der Waals surface area contributed by atoms with Crippen LogP contribution in [0.25, 0.3) is 0 Å². The number of carbonyl (C=O) groups is 2. The normalized spacial score (nSPS) is 19.4. The number of allylic oxidation sites excluding steroid dienone is 2. The van der Waals surface area contributed by atoms with E-state index in [1.807, 2.05) is 43.3 Å². The van der Waals surface area contributed by atoms with E-state index in [1.54, 1.807) is 4.90 Å². The Morgan fingerprint density at radius 3 is 2.34 bits per heavy atom. The predicted octanol–water partition coefficient (Wildman–Crippen LogP) is 5.18. The van der Waals surface area contributed by atoms with Gasteiger partial charge >= 0.3 is 0 Å². The lowest BCUT2D eigenvalue weighted by atomic mass is 9.77. The molecule has 0 spiro atoms. The van der Waals surface area contributed by atoms with Gasteiger partial charge < -0.3 is 4.74 Å². The average molecular weight is 389 g/mol. The van der Waals surface area contributed by atoms with Gasteiger partial charge in [-0.25, -0.2) is 0 Å². The molecule has 0 saturated carbocycles. The van der Waals surface area contributed by atoms with E-state index in [1.165, 1.54) is 5.56 Å². The number of anilines is 1.